The molecule has 0 aromatic heterocycles. The first-order valence-corrected chi connectivity index (χ1v) is 15.8. The van der Waals surface area contributed by atoms with E-state index in [-0.39, 0.29) is 27.7 Å². The van der Waals surface area contributed by atoms with Crippen LogP contribution in [-0.2, 0) is 9.16 Å². The Morgan fingerprint density at radius 3 is 2.53 bits per heavy atom. The van der Waals surface area contributed by atoms with Crippen molar-refractivity contribution < 1.29 is 14.3 Å². The highest BCUT2D eigenvalue weighted by Gasteiger charge is 2.68. The van der Waals surface area contributed by atoms with Crippen molar-refractivity contribution in [2.45, 2.75) is 120 Å². The summed E-state index contributed by atoms with van der Waals surface area (Å²) >= 11 is 0. The van der Waals surface area contributed by atoms with Crippen LogP contribution in [0.15, 0.2) is 23.3 Å². The lowest BCUT2D eigenvalue weighted by Gasteiger charge is -2.56. The Labute approximate surface area is 196 Å². The Morgan fingerprint density at radius 2 is 1.88 bits per heavy atom. The van der Waals surface area contributed by atoms with E-state index in [1.807, 2.05) is 0 Å². The van der Waals surface area contributed by atoms with Crippen LogP contribution in [0.5, 0.6) is 0 Å². The molecular weight excluding hydrogens is 414 g/mol. The monoisotopic (exact) mass is 459 g/mol. The van der Waals surface area contributed by atoms with E-state index in [0.717, 1.165) is 25.7 Å². The SMILES string of the molecule is CN(C)[C@H]1C[C@@]23CC[C@@]4(O2)C(=CC3=C[C@H]1O)CC[C@]1(C)[C@@H](O[Si](C)(C)C(C)(C)C)CC[C@H]14. The molecule has 3 fully saturated rings. The molecule has 2 saturated carbocycles. The zero-order valence-electron chi connectivity index (χ0n) is 21.6. The van der Waals surface area contributed by atoms with Gasteiger partial charge in [0.05, 0.1) is 23.4 Å². The van der Waals surface area contributed by atoms with E-state index >= 15 is 0 Å². The van der Waals surface area contributed by atoms with Gasteiger partial charge in [-0.15, -0.1) is 0 Å². The summed E-state index contributed by atoms with van der Waals surface area (Å²) in [5.41, 5.74) is 2.61. The van der Waals surface area contributed by atoms with Gasteiger partial charge in [-0.05, 0) is 106 Å². The maximum atomic E-state index is 10.8. The Morgan fingerprint density at radius 1 is 1.16 bits per heavy atom. The lowest BCUT2D eigenvalue weighted by Crippen LogP contribution is -2.58. The lowest BCUT2D eigenvalue weighted by molar-refractivity contribution is -0.156. The van der Waals surface area contributed by atoms with Gasteiger partial charge in [0, 0.05) is 6.04 Å². The standard InChI is InChI=1S/C27H45NO3Si/c1-24(2,3)32(7,8)30-23-10-9-22-25(23,4)12-11-18-15-19-16-21(29)20(28(5)6)17-26(19)13-14-27(18,22)31-26/h15-16,20-23,29H,9-14,17H2,1-8H3/t20-,21+,22+,23-,25-,26+,27+/m0/s1. The Hall–Kier alpha value is -0.463. The number of hydrogen-bond donors (Lipinski definition) is 1. The third-order valence-corrected chi connectivity index (χ3v) is 15.1. The maximum absolute atomic E-state index is 10.8. The average molecular weight is 460 g/mol. The van der Waals surface area contributed by atoms with E-state index < -0.39 is 14.4 Å². The Balaban J connectivity index is 1.48. The van der Waals surface area contributed by atoms with Gasteiger partial charge in [-0.25, -0.2) is 0 Å². The molecule has 5 rings (SSSR count). The molecule has 0 aromatic carbocycles. The van der Waals surface area contributed by atoms with Crippen LogP contribution in [0.25, 0.3) is 0 Å². The Bertz CT molecular complexity index is 857. The van der Waals surface area contributed by atoms with Gasteiger partial charge in [-0.2, -0.15) is 0 Å². The molecule has 3 aliphatic carbocycles. The molecule has 32 heavy (non-hydrogen) atoms. The smallest absolute Gasteiger partial charge is 0.192 e. The van der Waals surface area contributed by atoms with Crippen molar-refractivity contribution in [1.82, 2.24) is 4.90 Å². The van der Waals surface area contributed by atoms with Crippen molar-refractivity contribution in [1.29, 1.82) is 0 Å². The number of ether oxygens (including phenoxy) is 1. The zero-order valence-corrected chi connectivity index (χ0v) is 22.6. The van der Waals surface area contributed by atoms with Crippen molar-refractivity contribution in [3.63, 3.8) is 0 Å². The van der Waals surface area contributed by atoms with Crippen LogP contribution in [0.3, 0.4) is 0 Å². The molecule has 0 radical (unpaired) electrons. The third-order valence-electron chi connectivity index (χ3n) is 10.6. The maximum Gasteiger partial charge on any atom is 0.192 e. The van der Waals surface area contributed by atoms with E-state index in [1.54, 1.807) is 0 Å². The molecule has 5 heteroatoms. The van der Waals surface area contributed by atoms with Gasteiger partial charge in [0.25, 0.3) is 0 Å². The summed E-state index contributed by atoms with van der Waals surface area (Å²) in [6.07, 6.45) is 12.3. The third kappa shape index (κ3) is 3.07. The highest BCUT2D eigenvalue weighted by molar-refractivity contribution is 6.74. The summed E-state index contributed by atoms with van der Waals surface area (Å²) in [5.74, 6) is 0.537. The van der Waals surface area contributed by atoms with Gasteiger partial charge in [-0.3, -0.25) is 0 Å². The fraction of sp³-hybridized carbons (Fsp3) is 0.852. The molecule has 2 aliphatic heterocycles. The van der Waals surface area contributed by atoms with Crippen LogP contribution in [0, 0.1) is 11.3 Å². The average Bonchev–Trinajstić information content (AvgIpc) is 3.17. The van der Waals surface area contributed by atoms with E-state index in [4.69, 9.17) is 9.16 Å². The molecule has 5 aliphatic rings. The quantitative estimate of drug-likeness (QED) is 0.571. The summed E-state index contributed by atoms with van der Waals surface area (Å²) in [4.78, 5) is 2.17. The minimum Gasteiger partial charge on any atom is -0.413 e. The highest BCUT2D eigenvalue weighted by Crippen LogP contribution is 2.68. The first-order valence-electron chi connectivity index (χ1n) is 12.9. The molecule has 0 unspecified atom stereocenters. The molecule has 4 nitrogen and oxygen atoms in total. The summed E-state index contributed by atoms with van der Waals surface area (Å²) in [5, 5.41) is 11.0. The second kappa shape index (κ2) is 7.04. The minimum atomic E-state index is -1.82. The van der Waals surface area contributed by atoms with Crippen LogP contribution >= 0.6 is 0 Å². The number of likely N-dealkylation sites (N-methyl/N-ethyl adjacent to an activating group) is 1. The van der Waals surface area contributed by atoms with Gasteiger partial charge in [0.1, 0.15) is 0 Å². The molecule has 0 amide bonds. The second-order valence-electron chi connectivity index (χ2n) is 13.5. The van der Waals surface area contributed by atoms with E-state index in [2.05, 4.69) is 71.9 Å². The predicted octanol–water partition coefficient (Wildman–Crippen LogP) is 5.44. The van der Waals surface area contributed by atoms with Crippen molar-refractivity contribution >= 4 is 8.32 Å². The molecule has 7 atom stereocenters. The summed E-state index contributed by atoms with van der Waals surface area (Å²) in [6, 6.07) is 0.122. The number of hydrogen-bond acceptors (Lipinski definition) is 4. The van der Waals surface area contributed by atoms with Crippen molar-refractivity contribution in [3.8, 4) is 0 Å². The molecule has 2 bridgehead atoms. The number of aliphatic hydroxyl groups excluding tert-OH is 1. The van der Waals surface area contributed by atoms with Crippen molar-refractivity contribution in [2.24, 2.45) is 11.3 Å². The molecule has 0 aromatic rings. The molecular formula is C27H45NO3Si. The number of fused-ring (bicyclic) bond motifs is 1. The first-order chi connectivity index (χ1) is 14.7. The predicted molar refractivity (Wildman–Crippen MR) is 132 cm³/mol. The lowest BCUT2D eigenvalue weighted by atomic mass is 9.58. The van der Waals surface area contributed by atoms with E-state index in [9.17, 15) is 5.11 Å². The van der Waals surface area contributed by atoms with Crippen LogP contribution < -0.4 is 0 Å². The van der Waals surface area contributed by atoms with Crippen molar-refractivity contribution in [2.75, 3.05) is 14.1 Å². The fourth-order valence-electron chi connectivity index (χ4n) is 7.60. The van der Waals surface area contributed by atoms with Crippen LogP contribution in [0.4, 0.5) is 0 Å². The van der Waals surface area contributed by atoms with E-state index in [1.165, 1.54) is 30.4 Å². The summed E-state index contributed by atoms with van der Waals surface area (Å²) in [6.45, 7) is 14.4. The van der Waals surface area contributed by atoms with Gasteiger partial charge in [0.15, 0.2) is 8.32 Å². The van der Waals surface area contributed by atoms with Crippen molar-refractivity contribution in [3.05, 3.63) is 23.3 Å². The van der Waals surface area contributed by atoms with Crippen LogP contribution in [0.1, 0.15) is 72.6 Å². The van der Waals surface area contributed by atoms with Gasteiger partial charge in [0.2, 0.25) is 0 Å². The molecule has 2 spiro atoms. The van der Waals surface area contributed by atoms with Gasteiger partial charge < -0.3 is 19.2 Å². The van der Waals surface area contributed by atoms with Gasteiger partial charge in [-0.1, -0.05) is 33.8 Å². The molecule has 2 heterocycles. The minimum absolute atomic E-state index is 0.116. The fourth-order valence-corrected chi connectivity index (χ4v) is 9.05. The molecule has 1 N–H and O–H groups in total. The number of aliphatic hydroxyl groups is 1. The van der Waals surface area contributed by atoms with Gasteiger partial charge >= 0.3 is 0 Å². The topological polar surface area (TPSA) is 41.9 Å². The van der Waals surface area contributed by atoms with E-state index in [0.29, 0.717) is 12.0 Å². The number of rotatable bonds is 3. The Kier molecular flexibility index (Phi) is 5.12. The zero-order chi connectivity index (χ0) is 23.3. The summed E-state index contributed by atoms with van der Waals surface area (Å²) < 4.78 is 14.4. The summed E-state index contributed by atoms with van der Waals surface area (Å²) in [7, 11) is 2.34. The first kappa shape index (κ1) is 23.3. The molecule has 180 valence electrons. The normalized spacial score (nSPS) is 45.8. The second-order valence-corrected chi connectivity index (χ2v) is 18.3. The largest absolute Gasteiger partial charge is 0.413 e. The van der Waals surface area contributed by atoms with Crippen LogP contribution in [0.2, 0.25) is 18.1 Å². The number of nitrogens with zero attached hydrogens (tertiary/aromatic N) is 1. The van der Waals surface area contributed by atoms with Crippen LogP contribution in [-0.4, -0.2) is 61.9 Å². The highest BCUT2D eigenvalue weighted by atomic mass is 28.4. The molecule has 1 saturated heterocycles.